The molecule has 11 heteroatoms. The molecule has 0 saturated heterocycles. The van der Waals surface area contributed by atoms with Crippen LogP contribution in [0, 0.1) is 11.3 Å². The van der Waals surface area contributed by atoms with Crippen LogP contribution in [0.4, 0.5) is 18.9 Å². The molecular weight excluding hydrogens is 487 g/mol. The molecule has 0 unspecified atom stereocenters. The van der Waals surface area contributed by atoms with Crippen molar-refractivity contribution in [3.63, 3.8) is 0 Å². The van der Waals surface area contributed by atoms with Gasteiger partial charge in [0, 0.05) is 28.4 Å². The minimum atomic E-state index is -4.59. The average molecular weight is 520 g/mol. The van der Waals surface area contributed by atoms with E-state index in [0.29, 0.717) is 49.2 Å². The Hall–Kier alpha value is -3.08. The Kier molecular flexibility index (Phi) is 5.67. The molecule has 2 fully saturated rings. The molecule has 0 bridgehead atoms. The van der Waals surface area contributed by atoms with Crippen molar-refractivity contribution in [2.24, 2.45) is 22.8 Å². The summed E-state index contributed by atoms with van der Waals surface area (Å²) < 4.78 is 43.0. The number of amides is 1. The first-order chi connectivity index (χ1) is 17.2. The number of primary amides is 1. The topological polar surface area (TPSA) is 136 Å². The van der Waals surface area contributed by atoms with Gasteiger partial charge in [0.25, 0.3) is 5.91 Å². The molecule has 2 aromatic rings. The summed E-state index contributed by atoms with van der Waals surface area (Å²) in [6, 6.07) is 4.62. The second kappa shape index (κ2) is 8.21. The van der Waals surface area contributed by atoms with E-state index in [1.165, 1.54) is 10.7 Å². The Morgan fingerprint density at radius 3 is 2.43 bits per heavy atom. The van der Waals surface area contributed by atoms with E-state index in [4.69, 9.17) is 11.5 Å². The third kappa shape index (κ3) is 4.26. The number of hydrogen-bond donors (Lipinski definition) is 4. The molecule has 1 amide bonds. The van der Waals surface area contributed by atoms with Crippen LogP contribution in [0.2, 0.25) is 0 Å². The lowest BCUT2D eigenvalue weighted by Crippen LogP contribution is -2.47. The third-order valence-corrected chi connectivity index (χ3v) is 8.52. The first-order valence-electron chi connectivity index (χ1n) is 12.6. The van der Waals surface area contributed by atoms with Crippen molar-refractivity contribution < 1.29 is 27.9 Å². The molecule has 3 aliphatic rings. The predicted molar refractivity (Wildman–Crippen MR) is 130 cm³/mol. The number of fused-ring (bicyclic) bond motifs is 1. The van der Waals surface area contributed by atoms with Gasteiger partial charge < -0.3 is 21.9 Å². The Balaban J connectivity index is 1.60. The van der Waals surface area contributed by atoms with Gasteiger partial charge in [0.05, 0.1) is 11.3 Å². The Morgan fingerprint density at radius 2 is 1.86 bits per heavy atom. The highest BCUT2D eigenvalue weighted by atomic mass is 19.4. The fourth-order valence-corrected chi connectivity index (χ4v) is 6.40. The van der Waals surface area contributed by atoms with Crippen LogP contribution in [0.3, 0.4) is 0 Å². The van der Waals surface area contributed by atoms with Gasteiger partial charge in [0.1, 0.15) is 5.54 Å². The molecule has 3 aliphatic carbocycles. The van der Waals surface area contributed by atoms with Crippen molar-refractivity contribution in [3.05, 3.63) is 40.7 Å². The number of nitrogens with two attached hydrogens (primary N) is 2. The van der Waals surface area contributed by atoms with Gasteiger partial charge in [-0.3, -0.25) is 9.59 Å². The largest absolute Gasteiger partial charge is 0.480 e. The van der Waals surface area contributed by atoms with Crippen LogP contribution in [-0.2, 0) is 23.8 Å². The van der Waals surface area contributed by atoms with E-state index in [1.54, 1.807) is 12.1 Å². The molecule has 8 nitrogen and oxygen atoms in total. The van der Waals surface area contributed by atoms with Gasteiger partial charge in [-0.2, -0.15) is 18.3 Å². The molecule has 200 valence electrons. The number of nitrogens with zero attached hydrogens (tertiary/aromatic N) is 2. The fraction of sp³-hybridized carbons (Fsp3) is 0.577. The lowest BCUT2D eigenvalue weighted by Gasteiger charge is -2.34. The number of carboxylic acid groups (broad SMARTS) is 1. The highest BCUT2D eigenvalue weighted by molar-refractivity contribution is 5.99. The quantitative estimate of drug-likeness (QED) is 0.455. The van der Waals surface area contributed by atoms with Gasteiger partial charge in [-0.05, 0) is 62.1 Å². The number of aromatic nitrogens is 2. The maximum Gasteiger partial charge on any atom is 0.435 e. The van der Waals surface area contributed by atoms with Gasteiger partial charge >= 0.3 is 12.1 Å². The van der Waals surface area contributed by atoms with E-state index >= 15 is 0 Å². The van der Waals surface area contributed by atoms with Crippen molar-refractivity contribution in [2.45, 2.75) is 82.5 Å². The molecule has 1 heterocycles. The summed E-state index contributed by atoms with van der Waals surface area (Å²) in [4.78, 5) is 24.1. The van der Waals surface area contributed by atoms with Gasteiger partial charge in [-0.1, -0.05) is 26.7 Å². The molecule has 1 aromatic carbocycles. The number of nitrogens with one attached hydrogen (secondary N) is 1. The summed E-state index contributed by atoms with van der Waals surface area (Å²) in [5.41, 5.74) is 10.3. The van der Waals surface area contributed by atoms with E-state index < -0.39 is 34.8 Å². The number of halogens is 3. The molecule has 0 aliphatic heterocycles. The second-order valence-corrected chi connectivity index (χ2v) is 11.7. The van der Waals surface area contributed by atoms with E-state index in [2.05, 4.69) is 10.4 Å². The number of carbonyl (C=O) groups is 2. The maximum absolute atomic E-state index is 13.9. The molecular formula is C26H32F3N5O3. The van der Waals surface area contributed by atoms with Crippen LogP contribution >= 0.6 is 0 Å². The van der Waals surface area contributed by atoms with Crippen molar-refractivity contribution in [1.29, 1.82) is 0 Å². The Bertz CT molecular complexity index is 1280. The average Bonchev–Trinajstić information content (AvgIpc) is 3.13. The van der Waals surface area contributed by atoms with Crippen LogP contribution in [0.15, 0.2) is 18.2 Å². The number of hydrogen-bond acceptors (Lipinski definition) is 5. The third-order valence-electron chi connectivity index (χ3n) is 8.52. The SMILES string of the molecule is CC1(C)CCc2c(C(F)(F)F)nn(-c3ccc(C(N)=O)c(NC4([C@H]5C[C@@]5(N)C(=O)O)CCCC4)c3)c2C1. The summed E-state index contributed by atoms with van der Waals surface area (Å²) in [7, 11) is 0. The normalized spacial score (nSPS) is 25.9. The highest BCUT2D eigenvalue weighted by Gasteiger charge is 2.66. The Labute approximate surface area is 212 Å². The standard InChI is InChI=1S/C26H32F3N5O3/c1-23(2)10-7-16-18(12-23)34(33-20(16)26(27,28)29)14-5-6-15(21(30)35)17(11-14)32-24(8-3-4-9-24)19-13-25(19,31)22(36)37/h5-6,11,19,32H,3-4,7-10,12-13,31H2,1-2H3,(H2,30,35)(H,36,37)/t19-,25+/m1/s1. The fourth-order valence-electron chi connectivity index (χ4n) is 6.40. The van der Waals surface area contributed by atoms with Crippen molar-refractivity contribution >= 4 is 17.6 Å². The molecule has 2 saturated carbocycles. The number of carbonyl (C=O) groups excluding carboxylic acids is 1. The van der Waals surface area contributed by atoms with Crippen LogP contribution in [0.25, 0.3) is 5.69 Å². The summed E-state index contributed by atoms with van der Waals surface area (Å²) in [6.45, 7) is 4.04. The predicted octanol–water partition coefficient (Wildman–Crippen LogP) is 4.03. The van der Waals surface area contributed by atoms with Crippen LogP contribution in [-0.4, -0.2) is 37.8 Å². The van der Waals surface area contributed by atoms with Gasteiger partial charge in [-0.25, -0.2) is 4.68 Å². The van der Waals surface area contributed by atoms with Crippen molar-refractivity contribution in [2.75, 3.05) is 5.32 Å². The number of alkyl halides is 3. The first-order valence-corrected chi connectivity index (χ1v) is 12.6. The van der Waals surface area contributed by atoms with Crippen molar-refractivity contribution in [1.82, 2.24) is 9.78 Å². The second-order valence-electron chi connectivity index (χ2n) is 11.7. The van der Waals surface area contributed by atoms with Gasteiger partial charge in [-0.15, -0.1) is 0 Å². The number of rotatable bonds is 6. The minimum absolute atomic E-state index is 0.172. The van der Waals surface area contributed by atoms with E-state index in [-0.39, 0.29) is 28.9 Å². The summed E-state index contributed by atoms with van der Waals surface area (Å²) in [5, 5.41) is 17.1. The molecule has 2 atom stereocenters. The molecule has 1 aromatic heterocycles. The molecule has 0 radical (unpaired) electrons. The summed E-state index contributed by atoms with van der Waals surface area (Å²) in [5.74, 6) is -2.12. The molecule has 5 rings (SSSR count). The first kappa shape index (κ1) is 25.6. The number of aliphatic carboxylic acids is 1. The highest BCUT2D eigenvalue weighted by Crippen LogP contribution is 2.56. The maximum atomic E-state index is 13.9. The smallest absolute Gasteiger partial charge is 0.435 e. The van der Waals surface area contributed by atoms with Gasteiger partial charge in [0.15, 0.2) is 5.69 Å². The zero-order chi connectivity index (χ0) is 27.0. The van der Waals surface area contributed by atoms with Crippen molar-refractivity contribution in [3.8, 4) is 5.69 Å². The van der Waals surface area contributed by atoms with Crippen LogP contribution in [0.5, 0.6) is 0 Å². The summed E-state index contributed by atoms with van der Waals surface area (Å²) in [6.07, 6.45) is 0.0847. The molecule has 37 heavy (non-hydrogen) atoms. The molecule has 6 N–H and O–H groups in total. The monoisotopic (exact) mass is 519 g/mol. The summed E-state index contributed by atoms with van der Waals surface area (Å²) >= 11 is 0. The van der Waals surface area contributed by atoms with Gasteiger partial charge in [0.2, 0.25) is 0 Å². The number of benzene rings is 1. The van der Waals surface area contributed by atoms with E-state index in [0.717, 1.165) is 12.8 Å². The van der Waals surface area contributed by atoms with Crippen LogP contribution < -0.4 is 16.8 Å². The zero-order valence-electron chi connectivity index (χ0n) is 20.9. The number of carboxylic acids is 1. The van der Waals surface area contributed by atoms with E-state index in [9.17, 15) is 27.9 Å². The minimum Gasteiger partial charge on any atom is -0.480 e. The lowest BCUT2D eigenvalue weighted by atomic mass is 9.76. The van der Waals surface area contributed by atoms with E-state index in [1.807, 2.05) is 13.8 Å². The number of anilines is 1. The lowest BCUT2D eigenvalue weighted by molar-refractivity contribution is -0.142. The van der Waals surface area contributed by atoms with Crippen LogP contribution in [0.1, 0.15) is 79.7 Å². The molecule has 0 spiro atoms. The Morgan fingerprint density at radius 1 is 1.19 bits per heavy atom. The zero-order valence-corrected chi connectivity index (χ0v) is 20.9.